The zero-order valence-electron chi connectivity index (χ0n) is 17.5. The van der Waals surface area contributed by atoms with Gasteiger partial charge in [-0.1, -0.05) is 23.7 Å². The number of rotatable bonds is 8. The second-order valence-corrected chi connectivity index (χ2v) is 11.0. The van der Waals surface area contributed by atoms with E-state index in [1.807, 2.05) is 0 Å². The van der Waals surface area contributed by atoms with Crippen molar-refractivity contribution in [3.8, 4) is 0 Å². The number of carbonyl (C=O) groups excluding carboxylic acids is 1. The Bertz CT molecular complexity index is 1430. The van der Waals surface area contributed by atoms with Crippen LogP contribution in [0.5, 0.6) is 0 Å². The molecule has 3 aromatic rings. The van der Waals surface area contributed by atoms with Gasteiger partial charge in [-0.3, -0.25) is 13.8 Å². The van der Waals surface area contributed by atoms with Crippen molar-refractivity contribution < 1.29 is 30.4 Å². The van der Waals surface area contributed by atoms with E-state index in [0.29, 0.717) is 10.4 Å². The summed E-state index contributed by atoms with van der Waals surface area (Å²) in [6, 6.07) is 13.8. The van der Waals surface area contributed by atoms with E-state index in [-0.39, 0.29) is 27.0 Å². The summed E-state index contributed by atoms with van der Waals surface area (Å²) in [5.41, 5.74) is 0.142. The summed E-state index contributed by atoms with van der Waals surface area (Å²) in [6.45, 7) is -0.724. The third kappa shape index (κ3) is 6.22. The van der Waals surface area contributed by atoms with Crippen molar-refractivity contribution in [3.63, 3.8) is 0 Å². The van der Waals surface area contributed by atoms with Crippen LogP contribution in [0.15, 0.2) is 71.6 Å². The van der Waals surface area contributed by atoms with E-state index in [4.69, 9.17) is 11.6 Å². The monoisotopic (exact) mass is 529 g/mol. The van der Waals surface area contributed by atoms with Crippen LogP contribution in [0.25, 0.3) is 0 Å². The first-order valence-electron chi connectivity index (χ1n) is 9.47. The minimum atomic E-state index is -4.01. The van der Waals surface area contributed by atoms with Crippen LogP contribution in [0, 0.1) is 11.6 Å². The maximum atomic E-state index is 13.5. The Morgan fingerprint density at radius 3 is 2.18 bits per heavy atom. The lowest BCUT2D eigenvalue weighted by molar-refractivity contribution is -0.114. The van der Waals surface area contributed by atoms with Crippen LogP contribution < -0.4 is 14.3 Å². The normalized spacial score (nSPS) is 11.6. The van der Waals surface area contributed by atoms with Gasteiger partial charge in [-0.05, 0) is 48.5 Å². The molecule has 2 N–H and O–H groups in total. The molecule has 0 bridgehead atoms. The van der Waals surface area contributed by atoms with Crippen LogP contribution in [-0.2, 0) is 24.8 Å². The molecule has 0 spiro atoms. The zero-order valence-corrected chi connectivity index (χ0v) is 19.9. The van der Waals surface area contributed by atoms with Gasteiger partial charge in [0.15, 0.2) is 11.6 Å². The number of benzene rings is 3. The Balaban J connectivity index is 1.73. The van der Waals surface area contributed by atoms with Gasteiger partial charge in [-0.15, -0.1) is 0 Å². The molecule has 3 aromatic carbocycles. The summed E-state index contributed by atoms with van der Waals surface area (Å²) < 4.78 is 79.0. The lowest BCUT2D eigenvalue weighted by Crippen LogP contribution is -2.37. The third-order valence-electron chi connectivity index (χ3n) is 4.45. The van der Waals surface area contributed by atoms with Crippen LogP contribution >= 0.6 is 11.6 Å². The largest absolute Gasteiger partial charge is 0.325 e. The fourth-order valence-corrected chi connectivity index (χ4v) is 5.00. The molecule has 0 atom stereocenters. The van der Waals surface area contributed by atoms with Gasteiger partial charge in [0.05, 0.1) is 27.5 Å². The molecule has 0 unspecified atom stereocenters. The van der Waals surface area contributed by atoms with E-state index < -0.39 is 44.1 Å². The predicted molar refractivity (Wildman–Crippen MR) is 126 cm³/mol. The van der Waals surface area contributed by atoms with E-state index in [0.717, 1.165) is 18.4 Å². The topological polar surface area (TPSA) is 113 Å². The van der Waals surface area contributed by atoms with Crippen molar-refractivity contribution in [2.24, 2.45) is 0 Å². The molecule has 0 saturated carbocycles. The van der Waals surface area contributed by atoms with Crippen molar-refractivity contribution in [1.29, 1.82) is 0 Å². The van der Waals surface area contributed by atoms with Gasteiger partial charge in [0.25, 0.3) is 10.0 Å². The number of carbonyl (C=O) groups is 1. The average molecular weight is 530 g/mol. The molecule has 34 heavy (non-hydrogen) atoms. The summed E-state index contributed by atoms with van der Waals surface area (Å²) in [4.78, 5) is 12.3. The fourth-order valence-electron chi connectivity index (χ4n) is 2.84. The lowest BCUT2D eigenvalue weighted by Gasteiger charge is -2.22. The zero-order chi connectivity index (χ0) is 25.1. The maximum absolute atomic E-state index is 13.5. The highest BCUT2D eigenvalue weighted by atomic mass is 35.5. The third-order valence-corrected chi connectivity index (χ3v) is 7.30. The second-order valence-electron chi connectivity index (χ2n) is 7.03. The maximum Gasteiger partial charge on any atom is 0.261 e. The molecule has 0 aliphatic heterocycles. The van der Waals surface area contributed by atoms with Crippen LogP contribution in [0.1, 0.15) is 0 Å². The van der Waals surface area contributed by atoms with Gasteiger partial charge >= 0.3 is 0 Å². The Morgan fingerprint density at radius 2 is 1.59 bits per heavy atom. The van der Waals surface area contributed by atoms with Crippen molar-refractivity contribution >= 4 is 54.6 Å². The van der Waals surface area contributed by atoms with Gasteiger partial charge in [0, 0.05) is 11.8 Å². The first-order chi connectivity index (χ1) is 15.9. The first kappa shape index (κ1) is 25.4. The summed E-state index contributed by atoms with van der Waals surface area (Å²) in [5.74, 6) is -3.23. The molecule has 0 radical (unpaired) electrons. The number of amides is 1. The molecular formula is C21H18ClF2N3O5S2. The molecular weight excluding hydrogens is 512 g/mol. The van der Waals surface area contributed by atoms with E-state index in [9.17, 15) is 30.4 Å². The van der Waals surface area contributed by atoms with E-state index in [1.165, 1.54) is 36.4 Å². The van der Waals surface area contributed by atoms with Crippen molar-refractivity contribution in [1.82, 2.24) is 0 Å². The van der Waals surface area contributed by atoms with Gasteiger partial charge in [0.2, 0.25) is 15.9 Å². The number of halogens is 3. The first-order valence-corrected chi connectivity index (χ1v) is 13.2. The molecule has 0 aliphatic carbocycles. The molecule has 3 rings (SSSR count). The fraction of sp³-hybridized carbons (Fsp3) is 0.0952. The van der Waals surface area contributed by atoms with Crippen LogP contribution in [-0.4, -0.2) is 35.5 Å². The number of nitrogens with zero attached hydrogens (tertiary/aromatic N) is 1. The summed E-state index contributed by atoms with van der Waals surface area (Å²) in [6.07, 6.45) is 0.813. The summed E-state index contributed by atoms with van der Waals surface area (Å²) >= 11 is 5.97. The van der Waals surface area contributed by atoms with Crippen molar-refractivity contribution in [3.05, 3.63) is 83.4 Å². The smallest absolute Gasteiger partial charge is 0.261 e. The molecule has 0 aliphatic rings. The number of para-hydroxylation sites is 1. The molecule has 180 valence electrons. The molecule has 0 saturated heterocycles. The van der Waals surface area contributed by atoms with E-state index >= 15 is 0 Å². The SMILES string of the molecule is CS(=O)(=O)N(CC(=O)Nc1ccc(S(=O)(=O)Nc2ccccc2Cl)cc1)c1ccc(F)c(F)c1. The number of nitrogens with one attached hydrogen (secondary N) is 2. The highest BCUT2D eigenvalue weighted by Gasteiger charge is 2.22. The number of hydrogen-bond acceptors (Lipinski definition) is 5. The standard InChI is InChI=1S/C21H18ClF2N3O5S2/c1-33(29,30)27(15-8-11-18(23)19(24)12-15)13-21(28)25-14-6-9-16(10-7-14)34(31,32)26-20-5-3-2-4-17(20)22/h2-12,26H,13H2,1H3,(H,25,28). The predicted octanol–water partition coefficient (Wildman–Crippen LogP) is 3.82. The Hall–Kier alpha value is -3.22. The van der Waals surface area contributed by atoms with Gasteiger partial charge in [0.1, 0.15) is 6.54 Å². The quantitative estimate of drug-likeness (QED) is 0.460. The molecule has 8 nitrogen and oxygen atoms in total. The minimum Gasteiger partial charge on any atom is -0.325 e. The van der Waals surface area contributed by atoms with Gasteiger partial charge in [-0.25, -0.2) is 25.6 Å². The van der Waals surface area contributed by atoms with Crippen LogP contribution in [0.4, 0.5) is 25.8 Å². The molecule has 0 aromatic heterocycles. The lowest BCUT2D eigenvalue weighted by atomic mass is 10.3. The molecule has 13 heteroatoms. The van der Waals surface area contributed by atoms with Crippen LogP contribution in [0.2, 0.25) is 5.02 Å². The van der Waals surface area contributed by atoms with Gasteiger partial charge in [-0.2, -0.15) is 0 Å². The molecule has 0 heterocycles. The molecule has 0 fully saturated rings. The summed E-state index contributed by atoms with van der Waals surface area (Å²) in [7, 11) is -7.97. The minimum absolute atomic E-state index is 0.107. The van der Waals surface area contributed by atoms with Gasteiger partial charge < -0.3 is 5.32 Å². The summed E-state index contributed by atoms with van der Waals surface area (Å²) in [5, 5.41) is 2.64. The van der Waals surface area contributed by atoms with Crippen molar-refractivity contribution in [2.45, 2.75) is 4.90 Å². The van der Waals surface area contributed by atoms with E-state index in [1.54, 1.807) is 12.1 Å². The Labute approximate surface area is 200 Å². The van der Waals surface area contributed by atoms with E-state index in [2.05, 4.69) is 10.0 Å². The highest BCUT2D eigenvalue weighted by Crippen LogP contribution is 2.25. The second kappa shape index (κ2) is 9.95. The Morgan fingerprint density at radius 1 is 0.941 bits per heavy atom. The highest BCUT2D eigenvalue weighted by molar-refractivity contribution is 7.92. The van der Waals surface area contributed by atoms with Crippen molar-refractivity contribution in [2.75, 3.05) is 27.1 Å². The Kier molecular flexibility index (Phi) is 7.44. The molecule has 1 amide bonds. The number of hydrogen-bond donors (Lipinski definition) is 2. The number of sulfonamides is 2. The number of anilines is 3. The van der Waals surface area contributed by atoms with Crippen LogP contribution in [0.3, 0.4) is 0 Å². The average Bonchev–Trinajstić information content (AvgIpc) is 2.75.